The molecule has 0 saturated heterocycles. The number of hydrogen-bond donors (Lipinski definition) is 1. The van der Waals surface area contributed by atoms with Gasteiger partial charge in [-0.1, -0.05) is 0 Å². The van der Waals surface area contributed by atoms with Gasteiger partial charge in [0.1, 0.15) is 13.2 Å². The van der Waals surface area contributed by atoms with Crippen LogP contribution in [0.1, 0.15) is 18.9 Å². The molecule has 0 bridgehead atoms. The zero-order valence-electron chi connectivity index (χ0n) is 11.4. The van der Waals surface area contributed by atoms with Crippen LogP contribution in [0.25, 0.3) is 0 Å². The van der Waals surface area contributed by atoms with E-state index in [0.717, 1.165) is 17.9 Å². The summed E-state index contributed by atoms with van der Waals surface area (Å²) in [6.07, 6.45) is 0.977. The number of nitrogens with two attached hydrogens (primary N) is 1. The van der Waals surface area contributed by atoms with E-state index in [9.17, 15) is 0 Å². The van der Waals surface area contributed by atoms with E-state index >= 15 is 0 Å². The summed E-state index contributed by atoms with van der Waals surface area (Å²) in [6, 6.07) is 4.53. The number of ether oxygens (including phenoxy) is 2. The summed E-state index contributed by atoms with van der Waals surface area (Å²) in [5.41, 5.74) is 8.00. The summed E-state index contributed by atoms with van der Waals surface area (Å²) >= 11 is 0. The molecule has 0 spiro atoms. The van der Waals surface area contributed by atoms with Crippen LogP contribution in [-0.4, -0.2) is 32.8 Å². The van der Waals surface area contributed by atoms with Crippen LogP contribution in [0.3, 0.4) is 0 Å². The minimum absolute atomic E-state index is 0.413. The van der Waals surface area contributed by atoms with Crippen LogP contribution in [0.4, 0.5) is 5.69 Å². The van der Waals surface area contributed by atoms with Gasteiger partial charge in [0.2, 0.25) is 0 Å². The van der Waals surface area contributed by atoms with Crippen LogP contribution in [0.15, 0.2) is 12.1 Å². The molecule has 1 unspecified atom stereocenters. The molecule has 1 aliphatic rings. The Kier molecular flexibility index (Phi) is 3.97. The maximum absolute atomic E-state index is 5.63. The van der Waals surface area contributed by atoms with Gasteiger partial charge in [0.05, 0.1) is 0 Å². The Bertz CT molecular complexity index is 421. The Morgan fingerprint density at radius 2 is 1.89 bits per heavy atom. The van der Waals surface area contributed by atoms with E-state index in [1.54, 1.807) is 0 Å². The number of anilines is 1. The van der Waals surface area contributed by atoms with Gasteiger partial charge in [-0.25, -0.2) is 0 Å². The molecule has 1 aromatic rings. The van der Waals surface area contributed by atoms with Crippen molar-refractivity contribution in [3.8, 4) is 11.5 Å². The summed E-state index contributed by atoms with van der Waals surface area (Å²) in [5.74, 6) is 1.69. The predicted molar refractivity (Wildman–Crippen MR) is 73.7 cm³/mol. The fourth-order valence-corrected chi connectivity index (χ4v) is 2.23. The molecule has 2 N–H and O–H groups in total. The van der Waals surface area contributed by atoms with Crippen molar-refractivity contribution >= 4 is 5.69 Å². The SMILES string of the molecule is Cc1cc2c(cc1N(C)C(C)CCN)OCCO2. The van der Waals surface area contributed by atoms with Crippen molar-refractivity contribution in [3.63, 3.8) is 0 Å². The highest BCUT2D eigenvalue weighted by Crippen LogP contribution is 2.37. The van der Waals surface area contributed by atoms with Crippen LogP contribution in [0, 0.1) is 6.92 Å². The minimum Gasteiger partial charge on any atom is -0.486 e. The number of nitrogens with zero attached hydrogens (tertiary/aromatic N) is 1. The predicted octanol–water partition coefficient (Wildman–Crippen LogP) is 1.94. The molecular formula is C14H22N2O2. The van der Waals surface area contributed by atoms with Crippen molar-refractivity contribution in [2.24, 2.45) is 5.73 Å². The highest BCUT2D eigenvalue weighted by molar-refractivity contribution is 5.62. The maximum atomic E-state index is 5.63. The average molecular weight is 250 g/mol. The lowest BCUT2D eigenvalue weighted by Gasteiger charge is -2.30. The van der Waals surface area contributed by atoms with Gasteiger partial charge >= 0.3 is 0 Å². The first-order valence-electron chi connectivity index (χ1n) is 6.46. The van der Waals surface area contributed by atoms with Gasteiger partial charge in [-0.3, -0.25) is 0 Å². The number of benzene rings is 1. The summed E-state index contributed by atoms with van der Waals surface area (Å²) < 4.78 is 11.2. The van der Waals surface area contributed by atoms with Gasteiger partial charge in [0, 0.05) is 24.8 Å². The summed E-state index contributed by atoms with van der Waals surface area (Å²) in [4.78, 5) is 2.25. The Morgan fingerprint density at radius 1 is 1.28 bits per heavy atom. The summed E-state index contributed by atoms with van der Waals surface area (Å²) in [7, 11) is 2.10. The van der Waals surface area contributed by atoms with Crippen LogP contribution >= 0.6 is 0 Å². The molecule has 18 heavy (non-hydrogen) atoms. The molecule has 0 saturated carbocycles. The fourth-order valence-electron chi connectivity index (χ4n) is 2.23. The number of rotatable bonds is 4. The molecule has 0 radical (unpaired) electrons. The number of aryl methyl sites for hydroxylation is 1. The molecule has 0 amide bonds. The van der Waals surface area contributed by atoms with E-state index in [2.05, 4.69) is 37.9 Å². The van der Waals surface area contributed by atoms with Crippen molar-refractivity contribution in [3.05, 3.63) is 17.7 Å². The molecule has 1 atom stereocenters. The van der Waals surface area contributed by atoms with Crippen LogP contribution in [-0.2, 0) is 0 Å². The van der Waals surface area contributed by atoms with E-state index in [1.165, 1.54) is 11.3 Å². The molecule has 4 nitrogen and oxygen atoms in total. The Morgan fingerprint density at radius 3 is 2.50 bits per heavy atom. The van der Waals surface area contributed by atoms with Gasteiger partial charge < -0.3 is 20.1 Å². The van der Waals surface area contributed by atoms with Gasteiger partial charge in [-0.2, -0.15) is 0 Å². The third-order valence-corrected chi connectivity index (χ3v) is 3.49. The van der Waals surface area contributed by atoms with Crippen LogP contribution in [0.2, 0.25) is 0 Å². The van der Waals surface area contributed by atoms with Gasteiger partial charge in [-0.15, -0.1) is 0 Å². The fraction of sp³-hybridized carbons (Fsp3) is 0.571. The van der Waals surface area contributed by atoms with Crippen molar-refractivity contribution in [2.75, 3.05) is 31.7 Å². The largest absolute Gasteiger partial charge is 0.486 e. The van der Waals surface area contributed by atoms with E-state index in [0.29, 0.717) is 25.8 Å². The number of fused-ring (bicyclic) bond motifs is 1. The molecule has 1 aromatic carbocycles. The van der Waals surface area contributed by atoms with Crippen molar-refractivity contribution < 1.29 is 9.47 Å². The Labute approximate surface area is 109 Å². The highest BCUT2D eigenvalue weighted by Gasteiger charge is 2.18. The van der Waals surface area contributed by atoms with Crippen molar-refractivity contribution in [1.29, 1.82) is 0 Å². The zero-order valence-corrected chi connectivity index (χ0v) is 11.4. The third kappa shape index (κ3) is 2.53. The smallest absolute Gasteiger partial charge is 0.163 e. The zero-order chi connectivity index (χ0) is 13.1. The molecule has 4 heteroatoms. The molecule has 2 rings (SSSR count). The lowest BCUT2D eigenvalue weighted by molar-refractivity contribution is 0.171. The van der Waals surface area contributed by atoms with E-state index in [4.69, 9.17) is 15.2 Å². The molecule has 0 aliphatic carbocycles. The molecule has 1 aliphatic heterocycles. The van der Waals surface area contributed by atoms with Gasteiger partial charge in [0.25, 0.3) is 0 Å². The second-order valence-corrected chi connectivity index (χ2v) is 4.82. The first kappa shape index (κ1) is 13.0. The van der Waals surface area contributed by atoms with Crippen molar-refractivity contribution in [1.82, 2.24) is 0 Å². The quantitative estimate of drug-likeness (QED) is 0.887. The molecular weight excluding hydrogens is 228 g/mol. The Balaban J connectivity index is 2.27. The second-order valence-electron chi connectivity index (χ2n) is 4.82. The van der Waals surface area contributed by atoms with Crippen molar-refractivity contribution in [2.45, 2.75) is 26.3 Å². The van der Waals surface area contributed by atoms with E-state index in [-0.39, 0.29) is 0 Å². The standard InChI is InChI=1S/C14H22N2O2/c1-10-8-13-14(18-7-6-17-13)9-12(10)16(3)11(2)4-5-15/h8-9,11H,4-7,15H2,1-3H3. The van der Waals surface area contributed by atoms with E-state index < -0.39 is 0 Å². The lowest BCUT2D eigenvalue weighted by atomic mass is 10.1. The number of hydrogen-bond acceptors (Lipinski definition) is 4. The normalized spacial score (nSPS) is 15.3. The van der Waals surface area contributed by atoms with Crippen LogP contribution in [0.5, 0.6) is 11.5 Å². The first-order chi connectivity index (χ1) is 8.63. The maximum Gasteiger partial charge on any atom is 0.163 e. The monoisotopic (exact) mass is 250 g/mol. The molecule has 0 fully saturated rings. The average Bonchev–Trinajstić information content (AvgIpc) is 2.37. The summed E-state index contributed by atoms with van der Waals surface area (Å²) in [6.45, 7) is 6.24. The highest BCUT2D eigenvalue weighted by atomic mass is 16.6. The second kappa shape index (κ2) is 5.48. The molecule has 0 aromatic heterocycles. The van der Waals surface area contributed by atoms with E-state index in [1.807, 2.05) is 0 Å². The third-order valence-electron chi connectivity index (χ3n) is 3.49. The molecule has 1 heterocycles. The first-order valence-corrected chi connectivity index (χ1v) is 6.46. The Hall–Kier alpha value is -1.42. The summed E-state index contributed by atoms with van der Waals surface area (Å²) in [5, 5.41) is 0. The lowest BCUT2D eigenvalue weighted by Crippen LogP contribution is -2.31. The minimum atomic E-state index is 0.413. The van der Waals surface area contributed by atoms with Gasteiger partial charge in [-0.05, 0) is 38.4 Å². The van der Waals surface area contributed by atoms with Gasteiger partial charge in [0.15, 0.2) is 11.5 Å². The molecule has 100 valence electrons. The van der Waals surface area contributed by atoms with Crippen LogP contribution < -0.4 is 20.1 Å². The topological polar surface area (TPSA) is 47.7 Å².